The highest BCUT2D eigenvalue weighted by Crippen LogP contribution is 2.35. The molecule has 1 N–H and O–H groups in total. The van der Waals surface area contributed by atoms with E-state index < -0.39 is 0 Å². The van der Waals surface area contributed by atoms with Crippen molar-refractivity contribution in [3.8, 4) is 34.0 Å². The lowest BCUT2D eigenvalue weighted by Gasteiger charge is -2.06. The van der Waals surface area contributed by atoms with Gasteiger partial charge < -0.3 is 19.2 Å². The molecule has 0 aliphatic heterocycles. The summed E-state index contributed by atoms with van der Waals surface area (Å²) in [5.74, 6) is 1.94. The molecule has 0 radical (unpaired) electrons. The van der Waals surface area contributed by atoms with Gasteiger partial charge >= 0.3 is 5.97 Å². The Morgan fingerprint density at radius 1 is 0.912 bits per heavy atom. The van der Waals surface area contributed by atoms with Crippen molar-refractivity contribution in [1.82, 2.24) is 9.97 Å². The van der Waals surface area contributed by atoms with E-state index in [1.54, 1.807) is 39.0 Å². The molecule has 0 atom stereocenters. The molecule has 7 heteroatoms. The average molecular weight is 475 g/mol. The molecule has 174 valence electrons. The Kier molecular flexibility index (Phi) is 7.54. The first kappa shape index (κ1) is 23.4. The third kappa shape index (κ3) is 5.43. The largest absolute Gasteiger partial charge is 0.497 e. The van der Waals surface area contributed by atoms with Crippen LogP contribution in [0.4, 0.5) is 0 Å². The Labute approximate surface area is 203 Å². The number of thioether (sulfide) groups is 1. The topological polar surface area (TPSA) is 73.4 Å². The van der Waals surface area contributed by atoms with E-state index in [9.17, 15) is 4.79 Å². The molecule has 4 rings (SSSR count). The number of H-pyrrole nitrogens is 1. The average Bonchev–Trinajstić information content (AvgIpc) is 3.32. The number of benzene rings is 3. The van der Waals surface area contributed by atoms with Gasteiger partial charge in [-0.2, -0.15) is 0 Å². The zero-order valence-electron chi connectivity index (χ0n) is 19.3. The lowest BCUT2D eigenvalue weighted by atomic mass is 10.0. The number of imidazole rings is 1. The minimum absolute atomic E-state index is 0.309. The second-order valence-corrected chi connectivity index (χ2v) is 8.40. The van der Waals surface area contributed by atoms with Crippen molar-refractivity contribution in [2.75, 3.05) is 20.8 Å². The Morgan fingerprint density at radius 3 is 2.18 bits per heavy atom. The highest BCUT2D eigenvalue weighted by molar-refractivity contribution is 7.98. The monoisotopic (exact) mass is 474 g/mol. The number of carbonyl (C=O) groups is 1. The van der Waals surface area contributed by atoms with Crippen LogP contribution in [0.3, 0.4) is 0 Å². The molecule has 1 heterocycles. The molecular formula is C27H26N2O4S. The van der Waals surface area contributed by atoms with E-state index in [1.807, 2.05) is 66.7 Å². The van der Waals surface area contributed by atoms with E-state index in [0.29, 0.717) is 17.9 Å². The summed E-state index contributed by atoms with van der Waals surface area (Å²) in [5.41, 5.74) is 5.35. The molecule has 0 bridgehead atoms. The van der Waals surface area contributed by atoms with Crippen molar-refractivity contribution in [3.05, 3.63) is 83.9 Å². The third-order valence-electron chi connectivity index (χ3n) is 5.24. The predicted molar refractivity (Wildman–Crippen MR) is 135 cm³/mol. The number of carbonyl (C=O) groups excluding carboxylic acids is 1. The van der Waals surface area contributed by atoms with E-state index in [2.05, 4.69) is 4.98 Å². The predicted octanol–water partition coefficient (Wildman–Crippen LogP) is 6.23. The molecule has 0 unspecified atom stereocenters. The van der Waals surface area contributed by atoms with Crippen LogP contribution in [0.25, 0.3) is 22.5 Å². The van der Waals surface area contributed by atoms with Gasteiger partial charge in [0, 0.05) is 16.9 Å². The maximum atomic E-state index is 12.1. The molecule has 4 aromatic rings. The summed E-state index contributed by atoms with van der Waals surface area (Å²) in [6.45, 7) is 2.15. The first-order valence-electron chi connectivity index (χ1n) is 10.9. The van der Waals surface area contributed by atoms with Gasteiger partial charge in [-0.05, 0) is 73.2 Å². The third-order valence-corrected chi connectivity index (χ3v) is 6.18. The smallest absolute Gasteiger partial charge is 0.338 e. The molecule has 0 aliphatic rings. The Morgan fingerprint density at radius 2 is 1.56 bits per heavy atom. The standard InChI is InChI=1S/C27H26N2O4S/c1-4-33-26(30)21-7-5-6-18(16-21)17-34-27-28-24(19-8-12-22(31-2)13-9-19)25(29-27)20-10-14-23(32-3)15-11-20/h5-16H,4,17H2,1-3H3,(H,28,29). The molecule has 0 spiro atoms. The van der Waals surface area contributed by atoms with Crippen molar-refractivity contribution in [2.24, 2.45) is 0 Å². The fourth-order valence-corrected chi connectivity index (χ4v) is 4.31. The molecule has 0 aliphatic carbocycles. The summed E-state index contributed by atoms with van der Waals surface area (Å²) in [6, 6.07) is 23.2. The number of hydrogen-bond donors (Lipinski definition) is 1. The van der Waals surface area contributed by atoms with Crippen LogP contribution >= 0.6 is 11.8 Å². The summed E-state index contributed by atoms with van der Waals surface area (Å²) >= 11 is 1.58. The van der Waals surface area contributed by atoms with E-state index in [4.69, 9.17) is 19.2 Å². The Hall–Kier alpha value is -3.71. The van der Waals surface area contributed by atoms with Gasteiger partial charge in [-0.1, -0.05) is 23.9 Å². The quantitative estimate of drug-likeness (QED) is 0.229. The van der Waals surface area contributed by atoms with Gasteiger partial charge in [-0.25, -0.2) is 9.78 Å². The van der Waals surface area contributed by atoms with Crippen molar-refractivity contribution in [1.29, 1.82) is 0 Å². The number of hydrogen-bond acceptors (Lipinski definition) is 6. The number of nitrogens with one attached hydrogen (secondary N) is 1. The lowest BCUT2D eigenvalue weighted by molar-refractivity contribution is 0.0526. The summed E-state index contributed by atoms with van der Waals surface area (Å²) < 4.78 is 15.7. The molecule has 0 amide bonds. The van der Waals surface area contributed by atoms with Crippen LogP contribution in [0.1, 0.15) is 22.8 Å². The van der Waals surface area contributed by atoms with Crippen molar-refractivity contribution >= 4 is 17.7 Å². The second kappa shape index (κ2) is 10.9. The van der Waals surface area contributed by atoms with Gasteiger partial charge in [-0.15, -0.1) is 0 Å². The van der Waals surface area contributed by atoms with Gasteiger partial charge in [0.25, 0.3) is 0 Å². The maximum Gasteiger partial charge on any atom is 0.338 e. The zero-order chi connectivity index (χ0) is 23.9. The Balaban J connectivity index is 1.62. The molecule has 0 saturated heterocycles. The van der Waals surface area contributed by atoms with Crippen molar-refractivity contribution in [3.63, 3.8) is 0 Å². The van der Waals surface area contributed by atoms with Crippen molar-refractivity contribution in [2.45, 2.75) is 17.8 Å². The van der Waals surface area contributed by atoms with Crippen LogP contribution < -0.4 is 9.47 Å². The lowest BCUT2D eigenvalue weighted by Crippen LogP contribution is -2.04. The number of esters is 1. The number of nitrogens with zero attached hydrogens (tertiary/aromatic N) is 1. The molecule has 3 aromatic carbocycles. The maximum absolute atomic E-state index is 12.1. The number of aromatic amines is 1. The minimum atomic E-state index is -0.309. The zero-order valence-corrected chi connectivity index (χ0v) is 20.1. The number of methoxy groups -OCH3 is 2. The molecule has 34 heavy (non-hydrogen) atoms. The first-order chi connectivity index (χ1) is 16.6. The SMILES string of the molecule is CCOC(=O)c1cccc(CSc2nc(-c3ccc(OC)cc3)c(-c3ccc(OC)cc3)[nH]2)c1. The van der Waals surface area contributed by atoms with Crippen molar-refractivity contribution < 1.29 is 19.0 Å². The minimum Gasteiger partial charge on any atom is -0.497 e. The van der Waals surface area contributed by atoms with E-state index >= 15 is 0 Å². The molecular weight excluding hydrogens is 448 g/mol. The van der Waals surface area contributed by atoms with Gasteiger partial charge in [0.15, 0.2) is 5.16 Å². The van der Waals surface area contributed by atoms with Crippen LogP contribution in [-0.2, 0) is 10.5 Å². The summed E-state index contributed by atoms with van der Waals surface area (Å²) in [6.07, 6.45) is 0. The van der Waals surface area contributed by atoms with E-state index in [1.165, 1.54) is 0 Å². The fraction of sp³-hybridized carbons (Fsp3) is 0.185. The van der Waals surface area contributed by atoms with Gasteiger partial charge in [0.05, 0.1) is 37.8 Å². The fourth-order valence-electron chi connectivity index (χ4n) is 3.50. The number of ether oxygens (including phenoxy) is 3. The molecule has 1 aromatic heterocycles. The van der Waals surface area contributed by atoms with Gasteiger partial charge in [0.1, 0.15) is 11.5 Å². The van der Waals surface area contributed by atoms with E-state index in [0.717, 1.165) is 44.7 Å². The van der Waals surface area contributed by atoms with Crippen LogP contribution in [0.15, 0.2) is 78.0 Å². The first-order valence-corrected chi connectivity index (χ1v) is 11.9. The number of aromatic nitrogens is 2. The summed E-state index contributed by atoms with van der Waals surface area (Å²) in [7, 11) is 3.30. The summed E-state index contributed by atoms with van der Waals surface area (Å²) in [5, 5.41) is 0.790. The highest BCUT2D eigenvalue weighted by atomic mass is 32.2. The number of rotatable bonds is 9. The van der Waals surface area contributed by atoms with E-state index in [-0.39, 0.29) is 5.97 Å². The second-order valence-electron chi connectivity index (χ2n) is 7.43. The highest BCUT2D eigenvalue weighted by Gasteiger charge is 2.16. The Bertz CT molecular complexity index is 1190. The molecule has 0 saturated carbocycles. The molecule has 0 fully saturated rings. The van der Waals surface area contributed by atoms with Crippen LogP contribution in [0.2, 0.25) is 0 Å². The normalized spacial score (nSPS) is 10.7. The van der Waals surface area contributed by atoms with Gasteiger partial charge in [-0.3, -0.25) is 0 Å². The van der Waals surface area contributed by atoms with Gasteiger partial charge in [0.2, 0.25) is 0 Å². The van der Waals surface area contributed by atoms with Crippen LogP contribution in [0, 0.1) is 0 Å². The molecule has 6 nitrogen and oxygen atoms in total. The van der Waals surface area contributed by atoms with Crippen LogP contribution in [-0.4, -0.2) is 36.8 Å². The summed E-state index contributed by atoms with van der Waals surface area (Å²) in [4.78, 5) is 20.4. The van der Waals surface area contributed by atoms with Crippen LogP contribution in [0.5, 0.6) is 11.5 Å².